The summed E-state index contributed by atoms with van der Waals surface area (Å²) in [6.45, 7) is -0.543. The van der Waals surface area contributed by atoms with Crippen LogP contribution in [-0.4, -0.2) is 65.9 Å². The summed E-state index contributed by atoms with van der Waals surface area (Å²) in [5, 5.41) is 28.2. The predicted octanol–water partition coefficient (Wildman–Crippen LogP) is -0.196. The monoisotopic (exact) mass is 329 g/mol. The average Bonchev–Trinajstić information content (AvgIpc) is 2.52. The van der Waals surface area contributed by atoms with Gasteiger partial charge in [-0.2, -0.15) is 0 Å². The van der Waals surface area contributed by atoms with Gasteiger partial charge in [0.25, 0.3) is 0 Å². The highest BCUT2D eigenvalue weighted by Crippen LogP contribution is 2.28. The van der Waals surface area contributed by atoms with E-state index in [0.717, 1.165) is 0 Å². The molecule has 9 heteroatoms. The highest BCUT2D eigenvalue weighted by atomic mass is 16.7. The van der Waals surface area contributed by atoms with Gasteiger partial charge in [-0.1, -0.05) is 0 Å². The maximum atomic E-state index is 10.8. The van der Waals surface area contributed by atoms with Crippen molar-refractivity contribution in [3.63, 3.8) is 0 Å². The van der Waals surface area contributed by atoms with E-state index in [1.165, 1.54) is 7.11 Å². The van der Waals surface area contributed by atoms with E-state index in [2.05, 4.69) is 4.74 Å². The van der Waals surface area contributed by atoms with Crippen LogP contribution < -0.4 is 10.5 Å². The molecule has 0 amide bonds. The summed E-state index contributed by atoms with van der Waals surface area (Å²) in [5.41, 5.74) is 6.13. The first-order valence-corrected chi connectivity index (χ1v) is 6.85. The first kappa shape index (κ1) is 17.3. The molecule has 23 heavy (non-hydrogen) atoms. The fourth-order valence-corrected chi connectivity index (χ4v) is 2.32. The minimum atomic E-state index is -1.58. The molecule has 1 saturated heterocycles. The van der Waals surface area contributed by atoms with Crippen molar-refractivity contribution >= 4 is 11.8 Å². The molecule has 1 fully saturated rings. The Balaban J connectivity index is 2.21. The Labute approximate surface area is 132 Å². The van der Waals surface area contributed by atoms with Crippen LogP contribution in [0.4, 0.5) is 10.5 Å². The van der Waals surface area contributed by atoms with E-state index in [-0.39, 0.29) is 0 Å². The molecule has 128 valence electrons. The van der Waals surface area contributed by atoms with E-state index in [1.54, 1.807) is 24.3 Å². The quantitative estimate of drug-likeness (QED) is 0.427. The van der Waals surface area contributed by atoms with Gasteiger partial charge in [0.05, 0.1) is 6.61 Å². The Kier molecular flexibility index (Phi) is 5.61. The summed E-state index contributed by atoms with van der Waals surface area (Å²) in [7, 11) is 1.30. The van der Waals surface area contributed by atoms with Gasteiger partial charge in [0.2, 0.25) is 6.29 Å². The molecule has 0 radical (unpaired) electrons. The van der Waals surface area contributed by atoms with Crippen LogP contribution in [0.2, 0.25) is 0 Å². The van der Waals surface area contributed by atoms with Crippen LogP contribution in [0.5, 0.6) is 5.75 Å². The number of anilines is 1. The molecule has 0 unspecified atom stereocenters. The number of aliphatic hydroxyl groups is 2. The molecular formula is C14H19NO8. The van der Waals surface area contributed by atoms with Crippen molar-refractivity contribution < 1.29 is 39.1 Å². The number of hydrogen-bond acceptors (Lipinski definition) is 8. The van der Waals surface area contributed by atoms with Gasteiger partial charge in [-0.25, -0.2) is 4.79 Å². The van der Waals surface area contributed by atoms with Crippen molar-refractivity contribution in [2.45, 2.75) is 30.7 Å². The Morgan fingerprint density at radius 3 is 2.48 bits per heavy atom. The largest absolute Gasteiger partial charge is 0.506 e. The summed E-state index contributed by atoms with van der Waals surface area (Å²) in [6.07, 6.45) is -7.45. The SMILES string of the molecule is CO[C@H]1[C@H](Oc2ccc(N)cc2)O[C@H](CO)[C@H](O)[C@@H]1OC(=O)O. The number of methoxy groups -OCH3 is 1. The minimum absolute atomic E-state index is 0.397. The second kappa shape index (κ2) is 7.47. The van der Waals surface area contributed by atoms with E-state index >= 15 is 0 Å². The molecule has 5 atom stereocenters. The second-order valence-electron chi connectivity index (χ2n) is 4.95. The van der Waals surface area contributed by atoms with Gasteiger partial charge in [-0.05, 0) is 24.3 Å². The second-order valence-corrected chi connectivity index (χ2v) is 4.95. The first-order valence-electron chi connectivity index (χ1n) is 6.85. The van der Waals surface area contributed by atoms with Gasteiger partial charge in [-0.3, -0.25) is 0 Å². The number of aliphatic hydroxyl groups excluding tert-OH is 2. The van der Waals surface area contributed by atoms with Crippen LogP contribution in [0, 0.1) is 0 Å². The summed E-state index contributed by atoms with van der Waals surface area (Å²) in [4.78, 5) is 10.8. The van der Waals surface area contributed by atoms with Crippen LogP contribution >= 0.6 is 0 Å². The Hall–Kier alpha value is -2.07. The zero-order valence-electron chi connectivity index (χ0n) is 12.4. The molecular weight excluding hydrogens is 310 g/mol. The van der Waals surface area contributed by atoms with Gasteiger partial charge >= 0.3 is 6.16 Å². The number of nitrogens with two attached hydrogens (primary N) is 1. The maximum absolute atomic E-state index is 10.8. The van der Waals surface area contributed by atoms with E-state index in [9.17, 15) is 15.0 Å². The fraction of sp³-hybridized carbons (Fsp3) is 0.500. The third-order valence-corrected chi connectivity index (χ3v) is 3.44. The minimum Gasteiger partial charge on any atom is -0.462 e. The molecule has 0 saturated carbocycles. The zero-order valence-corrected chi connectivity index (χ0v) is 12.4. The van der Waals surface area contributed by atoms with Crippen molar-refractivity contribution in [2.75, 3.05) is 19.5 Å². The number of ether oxygens (including phenoxy) is 4. The summed E-state index contributed by atoms with van der Waals surface area (Å²) < 4.78 is 20.9. The standard InChI is InChI=1S/C14H19NO8/c1-20-12-11(23-14(18)19)10(17)9(6-16)22-13(12)21-8-4-2-7(15)3-5-8/h2-5,9-13,16-17H,6,15H2,1H3,(H,18,19)/t9-,10+,11+,12-,13-/m1/s1. The molecule has 5 N–H and O–H groups in total. The van der Waals surface area contributed by atoms with Crippen LogP contribution in [-0.2, 0) is 14.2 Å². The van der Waals surface area contributed by atoms with Gasteiger partial charge in [0.1, 0.15) is 18.0 Å². The number of hydrogen-bond donors (Lipinski definition) is 4. The first-order chi connectivity index (χ1) is 11.0. The number of benzene rings is 1. The molecule has 9 nitrogen and oxygen atoms in total. The third kappa shape index (κ3) is 4.02. The molecule has 0 bridgehead atoms. The Morgan fingerprint density at radius 1 is 1.30 bits per heavy atom. The number of carbonyl (C=O) groups is 1. The zero-order chi connectivity index (χ0) is 17.0. The molecule has 0 aliphatic carbocycles. The normalized spacial score (nSPS) is 30.7. The highest BCUT2D eigenvalue weighted by Gasteiger charge is 2.49. The average molecular weight is 329 g/mol. The number of rotatable bonds is 5. The lowest BCUT2D eigenvalue weighted by molar-refractivity contribution is -0.283. The van der Waals surface area contributed by atoms with E-state index in [1.807, 2.05) is 0 Å². The smallest absolute Gasteiger partial charge is 0.462 e. The van der Waals surface area contributed by atoms with Crippen molar-refractivity contribution in [3.05, 3.63) is 24.3 Å². The van der Waals surface area contributed by atoms with Crippen LogP contribution in [0.1, 0.15) is 0 Å². The highest BCUT2D eigenvalue weighted by molar-refractivity contribution is 5.57. The summed E-state index contributed by atoms with van der Waals surface area (Å²) in [6, 6.07) is 6.42. The van der Waals surface area contributed by atoms with Gasteiger partial charge in [-0.15, -0.1) is 0 Å². The molecule has 0 aromatic heterocycles. The van der Waals surface area contributed by atoms with Gasteiger partial charge in [0.15, 0.2) is 12.2 Å². The number of carboxylic acid groups (broad SMARTS) is 1. The van der Waals surface area contributed by atoms with Crippen LogP contribution in [0.25, 0.3) is 0 Å². The lowest BCUT2D eigenvalue weighted by Gasteiger charge is -2.42. The van der Waals surface area contributed by atoms with Crippen molar-refractivity contribution in [3.8, 4) is 5.75 Å². The molecule has 1 aliphatic heterocycles. The number of nitrogen functional groups attached to an aromatic ring is 1. The molecule has 1 aromatic rings. The van der Waals surface area contributed by atoms with Crippen molar-refractivity contribution in [2.24, 2.45) is 0 Å². The van der Waals surface area contributed by atoms with Crippen LogP contribution in [0.15, 0.2) is 24.3 Å². The van der Waals surface area contributed by atoms with Crippen molar-refractivity contribution in [1.29, 1.82) is 0 Å². The van der Waals surface area contributed by atoms with E-state index in [0.29, 0.717) is 11.4 Å². The molecule has 2 rings (SSSR count). The lowest BCUT2D eigenvalue weighted by atomic mass is 9.99. The van der Waals surface area contributed by atoms with Gasteiger partial charge in [0, 0.05) is 12.8 Å². The fourth-order valence-electron chi connectivity index (χ4n) is 2.32. The lowest BCUT2D eigenvalue weighted by Crippen LogP contribution is -2.61. The summed E-state index contributed by atoms with van der Waals surface area (Å²) >= 11 is 0. The molecule has 0 spiro atoms. The predicted molar refractivity (Wildman–Crippen MR) is 76.9 cm³/mol. The molecule has 1 heterocycles. The molecule has 1 aromatic carbocycles. The Bertz CT molecular complexity index is 522. The topological polar surface area (TPSA) is 141 Å². The van der Waals surface area contributed by atoms with Gasteiger partial charge < -0.3 is 40.0 Å². The summed E-state index contributed by atoms with van der Waals surface area (Å²) in [5.74, 6) is 0.397. The molecule has 1 aliphatic rings. The Morgan fingerprint density at radius 2 is 1.96 bits per heavy atom. The van der Waals surface area contributed by atoms with E-state index in [4.69, 9.17) is 25.1 Å². The van der Waals surface area contributed by atoms with Crippen LogP contribution in [0.3, 0.4) is 0 Å². The van der Waals surface area contributed by atoms with Crippen molar-refractivity contribution in [1.82, 2.24) is 0 Å². The third-order valence-electron chi connectivity index (χ3n) is 3.44. The van der Waals surface area contributed by atoms with E-state index < -0.39 is 43.5 Å². The maximum Gasteiger partial charge on any atom is 0.506 e.